The number of nitrogens with one attached hydrogen (secondary N) is 1. The van der Waals surface area contributed by atoms with Gasteiger partial charge in [-0.1, -0.05) is 0 Å². The summed E-state index contributed by atoms with van der Waals surface area (Å²) in [6, 6.07) is 2.51. The Bertz CT molecular complexity index is 767. The largest absolute Gasteiger partial charge is 0.469 e. The first-order valence-corrected chi connectivity index (χ1v) is 8.31. The summed E-state index contributed by atoms with van der Waals surface area (Å²) in [4.78, 5) is 19.5. The summed E-state index contributed by atoms with van der Waals surface area (Å²) in [5, 5.41) is -0.0959. The molecule has 8 nitrogen and oxygen atoms in total. The molecule has 0 saturated carbocycles. The molecular weight excluding hydrogens is 320 g/mol. The van der Waals surface area contributed by atoms with Crippen molar-refractivity contribution in [3.05, 3.63) is 42.1 Å². The van der Waals surface area contributed by atoms with Crippen LogP contribution < -0.4 is 4.72 Å². The van der Waals surface area contributed by atoms with E-state index in [1.54, 1.807) is 30.7 Å². The molecule has 23 heavy (non-hydrogen) atoms. The van der Waals surface area contributed by atoms with Gasteiger partial charge in [0.25, 0.3) is 10.0 Å². The Labute approximate surface area is 134 Å². The first-order valence-electron chi connectivity index (χ1n) is 6.82. The van der Waals surface area contributed by atoms with Crippen molar-refractivity contribution >= 4 is 16.0 Å². The third kappa shape index (κ3) is 4.14. The molecule has 2 heterocycles. The van der Waals surface area contributed by atoms with Crippen LogP contribution in [0, 0.1) is 6.92 Å². The lowest BCUT2D eigenvalue weighted by Gasteiger charge is -2.17. The highest BCUT2D eigenvalue weighted by molar-refractivity contribution is 7.89. The number of ether oxygens (including phenoxy) is 1. The van der Waals surface area contributed by atoms with Gasteiger partial charge >= 0.3 is 5.97 Å². The number of methoxy groups -OCH3 is 1. The molecule has 0 spiro atoms. The maximum absolute atomic E-state index is 12.5. The molecule has 2 aromatic heterocycles. The number of carbonyl (C=O) groups excluding carboxylic acids is 1. The number of pyridine rings is 1. The fourth-order valence-corrected chi connectivity index (χ4v) is 3.24. The molecule has 2 rings (SSSR count). The van der Waals surface area contributed by atoms with Gasteiger partial charge in [-0.15, -0.1) is 0 Å². The van der Waals surface area contributed by atoms with Crippen molar-refractivity contribution in [2.75, 3.05) is 7.11 Å². The minimum atomic E-state index is -3.87. The third-order valence-corrected chi connectivity index (χ3v) is 4.71. The van der Waals surface area contributed by atoms with Crippen LogP contribution in [0.1, 0.15) is 23.9 Å². The molecule has 0 aliphatic carbocycles. The van der Waals surface area contributed by atoms with Gasteiger partial charge in [-0.3, -0.25) is 9.78 Å². The predicted octanol–water partition coefficient (Wildman–Crippen LogP) is 0.706. The summed E-state index contributed by atoms with van der Waals surface area (Å²) in [6.45, 7) is 1.70. The number of imidazole rings is 1. The van der Waals surface area contributed by atoms with Crippen molar-refractivity contribution in [1.29, 1.82) is 0 Å². The van der Waals surface area contributed by atoms with Crippen molar-refractivity contribution < 1.29 is 17.9 Å². The maximum atomic E-state index is 12.5. The van der Waals surface area contributed by atoms with Gasteiger partial charge in [-0.25, -0.2) is 18.1 Å². The monoisotopic (exact) mass is 338 g/mol. The highest BCUT2D eigenvalue weighted by Crippen LogP contribution is 2.20. The molecule has 0 radical (unpaired) electrons. The highest BCUT2D eigenvalue weighted by Gasteiger charge is 2.26. The molecular formula is C14H18N4O4S. The number of carbonyl (C=O) groups is 1. The minimum Gasteiger partial charge on any atom is -0.469 e. The zero-order valence-corrected chi connectivity index (χ0v) is 13.9. The van der Waals surface area contributed by atoms with E-state index < -0.39 is 22.0 Å². The van der Waals surface area contributed by atoms with Gasteiger partial charge in [0.2, 0.25) is 0 Å². The predicted molar refractivity (Wildman–Crippen MR) is 81.9 cm³/mol. The highest BCUT2D eigenvalue weighted by atomic mass is 32.2. The molecule has 0 aromatic carbocycles. The molecule has 0 saturated heterocycles. The summed E-state index contributed by atoms with van der Waals surface area (Å²) in [7, 11) is -0.916. The Kier molecular flexibility index (Phi) is 5.12. The standard InChI is InChI=1S/C14H18N4O4S/c1-10-16-13(9-18(10)2)23(20,21)17-12(8-14(19)22-3)11-4-6-15-7-5-11/h4-7,9,12,17H,8H2,1-3H3. The van der Waals surface area contributed by atoms with Crippen molar-refractivity contribution in [3.63, 3.8) is 0 Å². The summed E-state index contributed by atoms with van der Waals surface area (Å²) in [6.07, 6.45) is 4.34. The van der Waals surface area contributed by atoms with Gasteiger partial charge in [0.1, 0.15) is 5.82 Å². The molecule has 0 bridgehead atoms. The number of aryl methyl sites for hydroxylation is 2. The molecule has 1 unspecified atom stereocenters. The number of hydrogen-bond acceptors (Lipinski definition) is 6. The van der Waals surface area contributed by atoms with Crippen molar-refractivity contribution in [2.24, 2.45) is 7.05 Å². The fourth-order valence-electron chi connectivity index (χ4n) is 1.98. The molecule has 0 aliphatic rings. The van der Waals surface area contributed by atoms with Crippen LogP contribution in [0.5, 0.6) is 0 Å². The molecule has 2 aromatic rings. The Hall–Kier alpha value is -2.26. The molecule has 1 N–H and O–H groups in total. The van der Waals surface area contributed by atoms with Gasteiger partial charge in [-0.2, -0.15) is 0 Å². The summed E-state index contributed by atoms with van der Waals surface area (Å²) < 4.78 is 33.7. The lowest BCUT2D eigenvalue weighted by molar-refractivity contribution is -0.141. The average Bonchev–Trinajstić information content (AvgIpc) is 2.87. The SMILES string of the molecule is COC(=O)CC(NS(=O)(=O)c1cn(C)c(C)n1)c1ccncc1. The number of nitrogens with zero attached hydrogens (tertiary/aromatic N) is 3. The van der Waals surface area contributed by atoms with Gasteiger partial charge in [0, 0.05) is 25.6 Å². The van der Waals surface area contributed by atoms with Crippen LogP contribution in [-0.2, 0) is 26.6 Å². The van der Waals surface area contributed by atoms with E-state index in [1.165, 1.54) is 25.7 Å². The van der Waals surface area contributed by atoms with Crippen molar-refractivity contribution in [1.82, 2.24) is 19.3 Å². The van der Waals surface area contributed by atoms with E-state index in [0.717, 1.165) is 0 Å². The van der Waals surface area contributed by atoms with E-state index in [2.05, 4.69) is 19.4 Å². The van der Waals surface area contributed by atoms with Crippen LogP contribution in [0.2, 0.25) is 0 Å². The Morgan fingerprint density at radius 3 is 2.57 bits per heavy atom. The van der Waals surface area contributed by atoms with Gasteiger partial charge < -0.3 is 9.30 Å². The lowest BCUT2D eigenvalue weighted by atomic mass is 10.1. The molecule has 9 heteroatoms. The zero-order chi connectivity index (χ0) is 17.0. The Balaban J connectivity index is 2.31. The fraction of sp³-hybridized carbons (Fsp3) is 0.357. The minimum absolute atomic E-state index is 0.0959. The second-order valence-electron chi connectivity index (χ2n) is 4.97. The van der Waals surface area contributed by atoms with Gasteiger partial charge in [0.15, 0.2) is 5.03 Å². The second-order valence-corrected chi connectivity index (χ2v) is 6.63. The molecule has 124 valence electrons. The number of aromatic nitrogens is 3. The maximum Gasteiger partial charge on any atom is 0.307 e. The number of hydrogen-bond donors (Lipinski definition) is 1. The molecule has 0 fully saturated rings. The third-order valence-electron chi connectivity index (χ3n) is 3.37. The van der Waals surface area contributed by atoms with Gasteiger partial charge in [-0.05, 0) is 24.6 Å². The number of rotatable bonds is 6. The van der Waals surface area contributed by atoms with Gasteiger partial charge in [0.05, 0.1) is 19.6 Å². The van der Waals surface area contributed by atoms with E-state index in [-0.39, 0.29) is 11.4 Å². The van der Waals surface area contributed by atoms with Crippen LogP contribution in [0.4, 0.5) is 0 Å². The first-order chi connectivity index (χ1) is 10.8. The summed E-state index contributed by atoms with van der Waals surface area (Å²) in [5.74, 6) is 0.0468. The lowest BCUT2D eigenvalue weighted by Crippen LogP contribution is -2.31. The first kappa shape index (κ1) is 17.1. The number of sulfonamides is 1. The van der Waals surface area contributed by atoms with Crippen molar-refractivity contribution in [3.8, 4) is 0 Å². The Morgan fingerprint density at radius 1 is 1.39 bits per heavy atom. The normalized spacial score (nSPS) is 12.8. The van der Waals surface area contributed by atoms with Crippen LogP contribution in [0.15, 0.2) is 35.7 Å². The van der Waals surface area contributed by atoms with Crippen LogP contribution >= 0.6 is 0 Å². The van der Waals surface area contributed by atoms with Crippen molar-refractivity contribution in [2.45, 2.75) is 24.4 Å². The van der Waals surface area contributed by atoms with E-state index in [0.29, 0.717) is 11.4 Å². The second kappa shape index (κ2) is 6.88. The van der Waals surface area contributed by atoms with Crippen LogP contribution in [-0.4, -0.2) is 36.0 Å². The van der Waals surface area contributed by atoms with E-state index >= 15 is 0 Å². The molecule has 0 amide bonds. The molecule has 0 aliphatic heterocycles. The van der Waals surface area contributed by atoms with Crippen LogP contribution in [0.3, 0.4) is 0 Å². The van der Waals surface area contributed by atoms with E-state index in [1.807, 2.05) is 0 Å². The number of esters is 1. The zero-order valence-electron chi connectivity index (χ0n) is 13.1. The summed E-state index contributed by atoms with van der Waals surface area (Å²) in [5.41, 5.74) is 0.613. The van der Waals surface area contributed by atoms with E-state index in [4.69, 9.17) is 0 Å². The topological polar surface area (TPSA) is 103 Å². The summed E-state index contributed by atoms with van der Waals surface area (Å²) >= 11 is 0. The molecule has 1 atom stereocenters. The smallest absolute Gasteiger partial charge is 0.307 e. The Morgan fingerprint density at radius 2 is 2.04 bits per heavy atom. The van der Waals surface area contributed by atoms with E-state index in [9.17, 15) is 13.2 Å². The quantitative estimate of drug-likeness (QED) is 0.778. The average molecular weight is 338 g/mol. The van der Waals surface area contributed by atoms with Crippen LogP contribution in [0.25, 0.3) is 0 Å².